The van der Waals surface area contributed by atoms with E-state index < -0.39 is 11.9 Å². The lowest BCUT2D eigenvalue weighted by Crippen LogP contribution is -2.12. The van der Waals surface area contributed by atoms with Gasteiger partial charge in [0.2, 0.25) is 5.78 Å². The van der Waals surface area contributed by atoms with Gasteiger partial charge < -0.3 is 14.2 Å². The summed E-state index contributed by atoms with van der Waals surface area (Å²) in [6.45, 7) is 1.73. The molecule has 1 aliphatic heterocycles. The molecule has 3 aromatic carbocycles. The van der Waals surface area contributed by atoms with Crippen molar-refractivity contribution in [1.29, 1.82) is 0 Å². The Bertz CT molecular complexity index is 1270. The van der Waals surface area contributed by atoms with Gasteiger partial charge in [-0.05, 0) is 60.5 Å². The topological polar surface area (TPSA) is 78.9 Å². The summed E-state index contributed by atoms with van der Waals surface area (Å²) in [5.74, 6) is -0.333. The molecule has 0 amide bonds. The number of benzene rings is 3. The molecule has 1 aliphatic rings. The predicted molar refractivity (Wildman–Crippen MR) is 123 cm³/mol. The minimum absolute atomic E-state index is 0.0835. The van der Waals surface area contributed by atoms with E-state index in [2.05, 4.69) is 4.74 Å². The van der Waals surface area contributed by atoms with E-state index >= 15 is 0 Å². The van der Waals surface area contributed by atoms with Gasteiger partial charge in [0.15, 0.2) is 5.76 Å². The maximum atomic E-state index is 12.8. The monoisotopic (exact) mass is 462 g/mol. The lowest BCUT2D eigenvalue weighted by molar-refractivity contribution is -0.133. The van der Waals surface area contributed by atoms with Gasteiger partial charge in [-0.2, -0.15) is 0 Å². The molecule has 166 valence electrons. The molecule has 0 saturated carbocycles. The number of hydrogen-bond donors (Lipinski definition) is 0. The predicted octanol–water partition coefficient (Wildman–Crippen LogP) is 5.20. The molecule has 0 fully saturated rings. The van der Waals surface area contributed by atoms with E-state index in [0.29, 0.717) is 38.8 Å². The first-order chi connectivity index (χ1) is 15.9. The maximum absolute atomic E-state index is 12.8. The number of carbonyl (C=O) groups excluding carboxylic acids is 3. The fourth-order valence-electron chi connectivity index (χ4n) is 3.39. The molecular formula is C26H19ClO6. The highest BCUT2D eigenvalue weighted by molar-refractivity contribution is 6.30. The molecule has 3 aromatic rings. The Kier molecular flexibility index (Phi) is 6.29. The number of esters is 2. The number of ketones is 1. The van der Waals surface area contributed by atoms with Crippen molar-refractivity contribution in [2.45, 2.75) is 13.3 Å². The maximum Gasteiger partial charge on any atom is 0.337 e. The van der Waals surface area contributed by atoms with Crippen molar-refractivity contribution < 1.29 is 28.6 Å². The van der Waals surface area contributed by atoms with Crippen molar-refractivity contribution >= 4 is 35.4 Å². The van der Waals surface area contributed by atoms with Gasteiger partial charge in [0.05, 0.1) is 24.7 Å². The number of allylic oxidation sites excluding steroid dienone is 1. The third kappa shape index (κ3) is 4.81. The van der Waals surface area contributed by atoms with Crippen LogP contribution in [0.3, 0.4) is 0 Å². The second-order valence-electron chi connectivity index (χ2n) is 7.40. The summed E-state index contributed by atoms with van der Waals surface area (Å²) in [6, 6.07) is 16.7. The van der Waals surface area contributed by atoms with Gasteiger partial charge in [-0.25, -0.2) is 4.79 Å². The number of ether oxygens (including phenoxy) is 3. The Morgan fingerprint density at radius 3 is 2.36 bits per heavy atom. The normalized spacial score (nSPS) is 13.4. The molecule has 0 saturated heterocycles. The molecule has 0 atom stereocenters. The zero-order valence-electron chi connectivity index (χ0n) is 17.9. The van der Waals surface area contributed by atoms with Crippen molar-refractivity contribution in [3.63, 3.8) is 0 Å². The number of rotatable bonds is 5. The average molecular weight is 463 g/mol. The van der Waals surface area contributed by atoms with Gasteiger partial charge in [-0.1, -0.05) is 35.9 Å². The largest absolute Gasteiger partial charge is 0.465 e. The standard InChI is InChI=1S/C26H19ClO6/c1-15-21(32-23(28)14-17-5-9-19(27)10-6-17)12-11-20-24(29)22(33-25(15)20)13-16-3-7-18(8-4-16)26(30)31-2/h3-13H,14H2,1-2H3/b22-13-. The lowest BCUT2D eigenvalue weighted by atomic mass is 10.1. The zero-order chi connectivity index (χ0) is 23.5. The molecule has 0 spiro atoms. The second kappa shape index (κ2) is 9.30. The Morgan fingerprint density at radius 2 is 1.70 bits per heavy atom. The summed E-state index contributed by atoms with van der Waals surface area (Å²) >= 11 is 5.87. The average Bonchev–Trinajstić information content (AvgIpc) is 3.13. The number of halogens is 1. The summed E-state index contributed by atoms with van der Waals surface area (Å²) in [6.07, 6.45) is 1.68. The van der Waals surface area contributed by atoms with Crippen LogP contribution in [0.5, 0.6) is 11.5 Å². The van der Waals surface area contributed by atoms with Crippen LogP contribution in [0.1, 0.15) is 37.4 Å². The highest BCUT2D eigenvalue weighted by Crippen LogP contribution is 2.39. The first kappa shape index (κ1) is 22.3. The Labute approximate surface area is 195 Å². The third-order valence-corrected chi connectivity index (χ3v) is 5.40. The van der Waals surface area contributed by atoms with E-state index in [0.717, 1.165) is 5.56 Å². The van der Waals surface area contributed by atoms with Crippen LogP contribution in [-0.4, -0.2) is 24.8 Å². The minimum Gasteiger partial charge on any atom is -0.465 e. The van der Waals surface area contributed by atoms with Crippen LogP contribution in [0.15, 0.2) is 66.4 Å². The van der Waals surface area contributed by atoms with E-state index in [-0.39, 0.29) is 18.0 Å². The molecular weight excluding hydrogens is 444 g/mol. The van der Waals surface area contributed by atoms with Gasteiger partial charge in [0.1, 0.15) is 11.5 Å². The second-order valence-corrected chi connectivity index (χ2v) is 7.83. The van der Waals surface area contributed by atoms with E-state index in [1.54, 1.807) is 73.7 Å². The van der Waals surface area contributed by atoms with Crippen LogP contribution in [0.25, 0.3) is 6.08 Å². The first-order valence-electron chi connectivity index (χ1n) is 10.1. The van der Waals surface area contributed by atoms with Gasteiger partial charge >= 0.3 is 11.9 Å². The molecule has 6 nitrogen and oxygen atoms in total. The van der Waals surface area contributed by atoms with E-state index in [9.17, 15) is 14.4 Å². The fraction of sp³-hybridized carbons (Fsp3) is 0.115. The molecule has 0 aliphatic carbocycles. The highest BCUT2D eigenvalue weighted by atomic mass is 35.5. The molecule has 7 heteroatoms. The number of hydrogen-bond acceptors (Lipinski definition) is 6. The van der Waals surface area contributed by atoms with Crippen molar-refractivity contribution in [1.82, 2.24) is 0 Å². The summed E-state index contributed by atoms with van der Waals surface area (Å²) < 4.78 is 16.0. The summed E-state index contributed by atoms with van der Waals surface area (Å²) in [5.41, 5.74) is 2.81. The summed E-state index contributed by atoms with van der Waals surface area (Å²) in [4.78, 5) is 36.7. The lowest BCUT2D eigenvalue weighted by Gasteiger charge is -2.10. The fourth-order valence-corrected chi connectivity index (χ4v) is 3.52. The highest BCUT2D eigenvalue weighted by Gasteiger charge is 2.30. The van der Waals surface area contributed by atoms with Crippen LogP contribution in [0.4, 0.5) is 0 Å². The van der Waals surface area contributed by atoms with Crippen LogP contribution < -0.4 is 9.47 Å². The number of fused-ring (bicyclic) bond motifs is 1. The Balaban J connectivity index is 1.51. The molecule has 0 N–H and O–H groups in total. The molecule has 33 heavy (non-hydrogen) atoms. The first-order valence-corrected chi connectivity index (χ1v) is 10.4. The Morgan fingerprint density at radius 1 is 1.00 bits per heavy atom. The van der Waals surface area contributed by atoms with Gasteiger partial charge in [0, 0.05) is 10.6 Å². The van der Waals surface area contributed by atoms with Gasteiger partial charge in [-0.3, -0.25) is 9.59 Å². The van der Waals surface area contributed by atoms with Crippen LogP contribution in [-0.2, 0) is 16.0 Å². The van der Waals surface area contributed by atoms with Gasteiger partial charge in [-0.15, -0.1) is 0 Å². The number of carbonyl (C=O) groups is 3. The van der Waals surface area contributed by atoms with Crippen molar-refractivity contribution in [2.24, 2.45) is 0 Å². The smallest absolute Gasteiger partial charge is 0.337 e. The van der Waals surface area contributed by atoms with E-state index in [4.69, 9.17) is 21.1 Å². The SMILES string of the molecule is COC(=O)c1ccc(/C=C2\Oc3c(ccc(OC(=O)Cc4ccc(Cl)cc4)c3C)C2=O)cc1. The summed E-state index contributed by atoms with van der Waals surface area (Å²) in [7, 11) is 1.31. The molecule has 0 bridgehead atoms. The quantitative estimate of drug-likeness (QED) is 0.294. The van der Waals surface area contributed by atoms with Crippen molar-refractivity contribution in [3.05, 3.63) is 99.3 Å². The molecule has 4 rings (SSSR count). The molecule has 0 radical (unpaired) electrons. The third-order valence-electron chi connectivity index (χ3n) is 5.15. The minimum atomic E-state index is -0.441. The van der Waals surface area contributed by atoms with Gasteiger partial charge in [0.25, 0.3) is 0 Å². The Hall–Kier alpha value is -3.90. The zero-order valence-corrected chi connectivity index (χ0v) is 18.6. The summed E-state index contributed by atoms with van der Waals surface area (Å²) in [5, 5.41) is 0.590. The van der Waals surface area contributed by atoms with Crippen molar-refractivity contribution in [2.75, 3.05) is 7.11 Å². The molecule has 1 heterocycles. The van der Waals surface area contributed by atoms with Crippen LogP contribution >= 0.6 is 11.6 Å². The molecule has 0 aromatic heterocycles. The van der Waals surface area contributed by atoms with Crippen molar-refractivity contribution in [3.8, 4) is 11.5 Å². The number of Topliss-reactive ketones (excluding diaryl/α,β-unsaturated/α-hetero) is 1. The molecule has 0 unspecified atom stereocenters. The van der Waals surface area contributed by atoms with Crippen LogP contribution in [0, 0.1) is 6.92 Å². The van der Waals surface area contributed by atoms with E-state index in [1.807, 2.05) is 0 Å². The number of methoxy groups -OCH3 is 1. The van der Waals surface area contributed by atoms with Crippen LogP contribution in [0.2, 0.25) is 5.02 Å². The van der Waals surface area contributed by atoms with E-state index in [1.165, 1.54) is 7.11 Å².